The van der Waals surface area contributed by atoms with Gasteiger partial charge in [0.15, 0.2) is 0 Å². The molecule has 1 fully saturated rings. The van der Waals surface area contributed by atoms with Gasteiger partial charge in [0.1, 0.15) is 0 Å². The Morgan fingerprint density at radius 2 is 1.57 bits per heavy atom. The van der Waals surface area contributed by atoms with Crippen LogP contribution in [0, 0.1) is 5.92 Å². The first-order valence-corrected chi connectivity index (χ1v) is 6.48. The van der Waals surface area contributed by atoms with Crippen LogP contribution < -0.4 is 0 Å². The van der Waals surface area contributed by atoms with Crippen molar-refractivity contribution in [3.63, 3.8) is 0 Å². The van der Waals surface area contributed by atoms with E-state index in [2.05, 4.69) is 25.7 Å². The van der Waals surface area contributed by atoms with Crippen molar-refractivity contribution >= 4 is 0 Å². The summed E-state index contributed by atoms with van der Waals surface area (Å²) in [5.74, 6) is 0.897. The standard InChI is InChI=1S/C13H27N/c1-4-12(2)11-13(3)14-9-7-5-6-8-10-14/h12-13H,4-11H2,1-3H3. The molecule has 1 aliphatic heterocycles. The van der Waals surface area contributed by atoms with Crippen LogP contribution in [0.15, 0.2) is 0 Å². The monoisotopic (exact) mass is 197 g/mol. The van der Waals surface area contributed by atoms with Crippen molar-refractivity contribution < 1.29 is 0 Å². The fourth-order valence-electron chi connectivity index (χ4n) is 2.43. The Bertz CT molecular complexity index is 136. The molecule has 0 bridgehead atoms. The van der Waals surface area contributed by atoms with Gasteiger partial charge in [0.25, 0.3) is 0 Å². The van der Waals surface area contributed by atoms with Gasteiger partial charge in [0.2, 0.25) is 0 Å². The molecule has 0 spiro atoms. The SMILES string of the molecule is CCC(C)CC(C)N1CCCCCC1. The first-order chi connectivity index (χ1) is 6.74. The molecule has 0 aromatic rings. The normalized spacial score (nSPS) is 24.2. The van der Waals surface area contributed by atoms with Gasteiger partial charge < -0.3 is 4.90 Å². The zero-order valence-corrected chi connectivity index (χ0v) is 10.3. The van der Waals surface area contributed by atoms with Crippen molar-refractivity contribution in [2.45, 2.75) is 65.3 Å². The van der Waals surface area contributed by atoms with Gasteiger partial charge in [-0.25, -0.2) is 0 Å². The number of likely N-dealkylation sites (tertiary alicyclic amines) is 1. The summed E-state index contributed by atoms with van der Waals surface area (Å²) in [4.78, 5) is 2.71. The van der Waals surface area contributed by atoms with E-state index in [4.69, 9.17) is 0 Å². The van der Waals surface area contributed by atoms with Crippen LogP contribution in [0.1, 0.15) is 59.3 Å². The molecule has 0 aromatic carbocycles. The second kappa shape index (κ2) is 6.44. The minimum atomic E-state index is 0.808. The third kappa shape index (κ3) is 4.00. The van der Waals surface area contributed by atoms with Crippen LogP contribution in [-0.2, 0) is 0 Å². The molecule has 1 nitrogen and oxygen atoms in total. The fourth-order valence-corrected chi connectivity index (χ4v) is 2.43. The predicted molar refractivity (Wildman–Crippen MR) is 63.6 cm³/mol. The summed E-state index contributed by atoms with van der Waals surface area (Å²) in [5, 5.41) is 0. The molecule has 1 heterocycles. The number of hydrogen-bond acceptors (Lipinski definition) is 1. The molecule has 0 aromatic heterocycles. The van der Waals surface area contributed by atoms with E-state index < -0.39 is 0 Å². The van der Waals surface area contributed by atoms with E-state index in [9.17, 15) is 0 Å². The van der Waals surface area contributed by atoms with Gasteiger partial charge in [0.05, 0.1) is 0 Å². The van der Waals surface area contributed by atoms with Crippen LogP contribution in [-0.4, -0.2) is 24.0 Å². The highest BCUT2D eigenvalue weighted by molar-refractivity contribution is 4.72. The van der Waals surface area contributed by atoms with Crippen molar-refractivity contribution in [2.24, 2.45) is 5.92 Å². The predicted octanol–water partition coefficient (Wildman–Crippen LogP) is 3.69. The van der Waals surface area contributed by atoms with Gasteiger partial charge in [0, 0.05) is 6.04 Å². The lowest BCUT2D eigenvalue weighted by Gasteiger charge is -2.29. The average Bonchev–Trinajstić information content (AvgIpc) is 2.45. The molecule has 1 aliphatic rings. The van der Waals surface area contributed by atoms with Crippen molar-refractivity contribution in [1.29, 1.82) is 0 Å². The van der Waals surface area contributed by atoms with Crippen molar-refractivity contribution in [2.75, 3.05) is 13.1 Å². The number of hydrogen-bond donors (Lipinski definition) is 0. The Hall–Kier alpha value is -0.0400. The third-order valence-electron chi connectivity index (χ3n) is 3.70. The maximum absolute atomic E-state index is 2.71. The molecule has 1 rings (SSSR count). The van der Waals surface area contributed by atoms with E-state index in [1.165, 1.54) is 51.6 Å². The van der Waals surface area contributed by atoms with Crippen molar-refractivity contribution in [1.82, 2.24) is 4.90 Å². The molecular formula is C13H27N. The molecular weight excluding hydrogens is 170 g/mol. The van der Waals surface area contributed by atoms with Gasteiger partial charge in [-0.2, -0.15) is 0 Å². The van der Waals surface area contributed by atoms with Gasteiger partial charge >= 0.3 is 0 Å². The summed E-state index contributed by atoms with van der Waals surface area (Å²) in [7, 11) is 0. The van der Waals surface area contributed by atoms with Crippen LogP contribution in [0.2, 0.25) is 0 Å². The lowest BCUT2D eigenvalue weighted by molar-refractivity contribution is 0.189. The molecule has 0 saturated carbocycles. The van der Waals surface area contributed by atoms with Gasteiger partial charge in [-0.3, -0.25) is 0 Å². The lowest BCUT2D eigenvalue weighted by Crippen LogP contribution is -2.34. The van der Waals surface area contributed by atoms with Gasteiger partial charge in [-0.05, 0) is 45.2 Å². The Morgan fingerprint density at radius 3 is 2.07 bits per heavy atom. The second-order valence-electron chi connectivity index (χ2n) is 5.05. The van der Waals surface area contributed by atoms with E-state index in [1.807, 2.05) is 0 Å². The lowest BCUT2D eigenvalue weighted by atomic mass is 9.99. The zero-order valence-electron chi connectivity index (χ0n) is 10.3. The van der Waals surface area contributed by atoms with Gasteiger partial charge in [-0.15, -0.1) is 0 Å². The highest BCUT2D eigenvalue weighted by atomic mass is 15.1. The van der Waals surface area contributed by atoms with E-state index in [0.29, 0.717) is 0 Å². The molecule has 14 heavy (non-hydrogen) atoms. The Morgan fingerprint density at radius 1 is 1.00 bits per heavy atom. The molecule has 0 radical (unpaired) electrons. The quantitative estimate of drug-likeness (QED) is 0.664. The van der Waals surface area contributed by atoms with Crippen LogP contribution in [0.5, 0.6) is 0 Å². The molecule has 0 amide bonds. The van der Waals surface area contributed by atoms with Crippen LogP contribution in [0.4, 0.5) is 0 Å². The Labute approximate surface area is 89.9 Å². The largest absolute Gasteiger partial charge is 0.301 e. The van der Waals surface area contributed by atoms with Crippen molar-refractivity contribution in [3.8, 4) is 0 Å². The summed E-state index contributed by atoms with van der Waals surface area (Å²) >= 11 is 0. The molecule has 2 atom stereocenters. The first kappa shape index (κ1) is 12.0. The molecule has 1 heteroatoms. The average molecular weight is 197 g/mol. The molecule has 1 saturated heterocycles. The maximum atomic E-state index is 2.71. The number of rotatable bonds is 4. The summed E-state index contributed by atoms with van der Waals surface area (Å²) in [6.07, 6.45) is 8.46. The Balaban J connectivity index is 2.30. The van der Waals surface area contributed by atoms with Crippen LogP contribution in [0.3, 0.4) is 0 Å². The zero-order chi connectivity index (χ0) is 10.4. The summed E-state index contributed by atoms with van der Waals surface area (Å²) in [6, 6.07) is 0.808. The third-order valence-corrected chi connectivity index (χ3v) is 3.70. The van der Waals surface area contributed by atoms with Crippen LogP contribution in [0.25, 0.3) is 0 Å². The minimum absolute atomic E-state index is 0.808. The number of nitrogens with zero attached hydrogens (tertiary/aromatic N) is 1. The molecule has 0 aliphatic carbocycles. The summed E-state index contributed by atoms with van der Waals surface area (Å²) < 4.78 is 0. The molecule has 2 unspecified atom stereocenters. The minimum Gasteiger partial charge on any atom is -0.301 e. The summed E-state index contributed by atoms with van der Waals surface area (Å²) in [6.45, 7) is 9.79. The Kier molecular flexibility index (Phi) is 5.54. The summed E-state index contributed by atoms with van der Waals surface area (Å²) in [5.41, 5.74) is 0. The van der Waals surface area contributed by atoms with E-state index in [1.54, 1.807) is 0 Å². The van der Waals surface area contributed by atoms with Crippen molar-refractivity contribution in [3.05, 3.63) is 0 Å². The van der Waals surface area contributed by atoms with Gasteiger partial charge in [-0.1, -0.05) is 33.1 Å². The molecule has 84 valence electrons. The smallest absolute Gasteiger partial charge is 0.00694 e. The van der Waals surface area contributed by atoms with E-state index >= 15 is 0 Å². The highest BCUT2D eigenvalue weighted by Gasteiger charge is 2.16. The first-order valence-electron chi connectivity index (χ1n) is 6.48. The second-order valence-corrected chi connectivity index (χ2v) is 5.05. The fraction of sp³-hybridized carbons (Fsp3) is 1.00. The van der Waals surface area contributed by atoms with E-state index in [-0.39, 0.29) is 0 Å². The molecule has 0 N–H and O–H groups in total. The maximum Gasteiger partial charge on any atom is 0.00694 e. The highest BCUT2D eigenvalue weighted by Crippen LogP contribution is 2.18. The van der Waals surface area contributed by atoms with E-state index in [0.717, 1.165) is 12.0 Å². The topological polar surface area (TPSA) is 3.24 Å². The van der Waals surface area contributed by atoms with Crippen LogP contribution >= 0.6 is 0 Å².